The third-order valence-corrected chi connectivity index (χ3v) is 2.90. The van der Waals surface area contributed by atoms with Crippen LogP contribution in [-0.2, 0) is 22.5 Å². The van der Waals surface area contributed by atoms with Crippen LogP contribution in [0.15, 0.2) is 24.3 Å². The van der Waals surface area contributed by atoms with Crippen molar-refractivity contribution in [1.29, 1.82) is 0 Å². The first-order valence-corrected chi connectivity index (χ1v) is 6.37. The van der Waals surface area contributed by atoms with Crippen LogP contribution in [-0.4, -0.2) is 37.4 Å². The minimum Gasteiger partial charge on any atom is -0.396 e. The summed E-state index contributed by atoms with van der Waals surface area (Å²) in [5, 5.41) is 11.8. The van der Waals surface area contributed by atoms with Gasteiger partial charge in [0.1, 0.15) is 0 Å². The van der Waals surface area contributed by atoms with Crippen LogP contribution in [0, 0.1) is 0 Å². The standard InChI is InChI=1S/C14H22N2O3/c1-19-10-13(6-7-17)16-14(18)8-11-4-2-3-5-12(11)9-15/h2-5,13,17H,6-10,15H2,1H3,(H,16,18). The molecule has 0 aromatic heterocycles. The molecule has 0 saturated heterocycles. The molecule has 0 aliphatic carbocycles. The van der Waals surface area contributed by atoms with E-state index in [0.29, 0.717) is 26.0 Å². The number of ether oxygens (including phenoxy) is 1. The normalized spacial score (nSPS) is 12.2. The first-order valence-electron chi connectivity index (χ1n) is 6.37. The largest absolute Gasteiger partial charge is 0.396 e. The Balaban J connectivity index is 2.58. The zero-order chi connectivity index (χ0) is 14.1. The van der Waals surface area contributed by atoms with Crippen LogP contribution in [0.1, 0.15) is 17.5 Å². The lowest BCUT2D eigenvalue weighted by Crippen LogP contribution is -2.39. The van der Waals surface area contributed by atoms with E-state index >= 15 is 0 Å². The van der Waals surface area contributed by atoms with E-state index in [1.165, 1.54) is 0 Å². The zero-order valence-corrected chi connectivity index (χ0v) is 11.3. The molecule has 1 rings (SSSR count). The monoisotopic (exact) mass is 266 g/mol. The summed E-state index contributed by atoms with van der Waals surface area (Å²) in [4.78, 5) is 12.0. The van der Waals surface area contributed by atoms with Crippen LogP contribution in [0.25, 0.3) is 0 Å². The maximum atomic E-state index is 12.0. The Hall–Kier alpha value is -1.43. The molecule has 19 heavy (non-hydrogen) atoms. The van der Waals surface area contributed by atoms with Crippen molar-refractivity contribution in [2.75, 3.05) is 20.3 Å². The Labute approximate surface area is 113 Å². The predicted molar refractivity (Wildman–Crippen MR) is 73.5 cm³/mol. The number of methoxy groups -OCH3 is 1. The van der Waals surface area contributed by atoms with Crippen LogP contribution in [0.5, 0.6) is 0 Å². The van der Waals surface area contributed by atoms with Crippen molar-refractivity contribution in [2.45, 2.75) is 25.4 Å². The van der Waals surface area contributed by atoms with E-state index < -0.39 is 0 Å². The number of carbonyl (C=O) groups excluding carboxylic acids is 1. The number of carbonyl (C=O) groups is 1. The van der Waals surface area contributed by atoms with Crippen LogP contribution >= 0.6 is 0 Å². The Kier molecular flexibility index (Phi) is 7.10. The van der Waals surface area contributed by atoms with Gasteiger partial charge < -0.3 is 20.9 Å². The topological polar surface area (TPSA) is 84.6 Å². The van der Waals surface area contributed by atoms with Crippen molar-refractivity contribution >= 4 is 5.91 Å². The highest BCUT2D eigenvalue weighted by atomic mass is 16.5. The van der Waals surface area contributed by atoms with Crippen molar-refractivity contribution in [2.24, 2.45) is 5.73 Å². The van der Waals surface area contributed by atoms with Gasteiger partial charge in [-0.05, 0) is 17.5 Å². The van der Waals surface area contributed by atoms with E-state index in [1.54, 1.807) is 7.11 Å². The van der Waals surface area contributed by atoms with Crippen molar-refractivity contribution in [3.8, 4) is 0 Å². The van der Waals surface area contributed by atoms with E-state index in [4.69, 9.17) is 15.6 Å². The highest BCUT2D eigenvalue weighted by molar-refractivity contribution is 5.79. The van der Waals surface area contributed by atoms with Crippen molar-refractivity contribution in [1.82, 2.24) is 5.32 Å². The first-order chi connectivity index (χ1) is 9.21. The molecule has 5 heteroatoms. The van der Waals surface area contributed by atoms with Crippen LogP contribution < -0.4 is 11.1 Å². The van der Waals surface area contributed by atoms with Gasteiger partial charge in [0.2, 0.25) is 5.91 Å². The molecule has 1 aromatic carbocycles. The number of amides is 1. The summed E-state index contributed by atoms with van der Waals surface area (Å²) in [6, 6.07) is 7.46. The molecule has 0 spiro atoms. The van der Waals surface area contributed by atoms with Gasteiger partial charge >= 0.3 is 0 Å². The van der Waals surface area contributed by atoms with Crippen LogP contribution in [0.2, 0.25) is 0 Å². The van der Waals surface area contributed by atoms with Gasteiger partial charge in [0.15, 0.2) is 0 Å². The molecule has 1 unspecified atom stereocenters. The highest BCUT2D eigenvalue weighted by Crippen LogP contribution is 2.08. The average molecular weight is 266 g/mol. The second-order valence-corrected chi connectivity index (χ2v) is 4.38. The zero-order valence-electron chi connectivity index (χ0n) is 11.3. The fourth-order valence-corrected chi connectivity index (χ4v) is 1.93. The Morgan fingerprint density at radius 3 is 2.68 bits per heavy atom. The molecular weight excluding hydrogens is 244 g/mol. The van der Waals surface area contributed by atoms with E-state index in [9.17, 15) is 4.79 Å². The van der Waals surface area contributed by atoms with Gasteiger partial charge in [0, 0.05) is 20.3 Å². The number of nitrogens with two attached hydrogens (primary N) is 1. The summed E-state index contributed by atoms with van der Waals surface area (Å²) in [6.07, 6.45) is 0.775. The molecule has 0 bridgehead atoms. The van der Waals surface area contributed by atoms with Gasteiger partial charge in [-0.3, -0.25) is 4.79 Å². The van der Waals surface area contributed by atoms with Gasteiger partial charge in [-0.2, -0.15) is 0 Å². The molecule has 0 aliphatic heterocycles. The van der Waals surface area contributed by atoms with Crippen molar-refractivity contribution in [3.05, 3.63) is 35.4 Å². The third-order valence-electron chi connectivity index (χ3n) is 2.90. The van der Waals surface area contributed by atoms with Crippen molar-refractivity contribution < 1.29 is 14.6 Å². The van der Waals surface area contributed by atoms with Gasteiger partial charge in [-0.1, -0.05) is 24.3 Å². The van der Waals surface area contributed by atoms with Gasteiger partial charge in [0.05, 0.1) is 19.1 Å². The Bertz CT molecular complexity index is 390. The average Bonchev–Trinajstić information content (AvgIpc) is 2.40. The molecule has 106 valence electrons. The molecule has 0 radical (unpaired) electrons. The molecular formula is C14H22N2O3. The van der Waals surface area contributed by atoms with Crippen molar-refractivity contribution in [3.63, 3.8) is 0 Å². The summed E-state index contributed by atoms with van der Waals surface area (Å²) < 4.78 is 5.01. The second-order valence-electron chi connectivity index (χ2n) is 4.38. The van der Waals surface area contributed by atoms with Gasteiger partial charge in [0.25, 0.3) is 0 Å². The SMILES string of the molecule is COCC(CCO)NC(=O)Cc1ccccc1CN. The maximum absolute atomic E-state index is 12.0. The lowest BCUT2D eigenvalue weighted by molar-refractivity contribution is -0.121. The highest BCUT2D eigenvalue weighted by Gasteiger charge is 2.13. The van der Waals surface area contributed by atoms with E-state index in [2.05, 4.69) is 5.32 Å². The van der Waals surface area contributed by atoms with Gasteiger partial charge in [-0.15, -0.1) is 0 Å². The van der Waals surface area contributed by atoms with E-state index in [-0.39, 0.29) is 18.6 Å². The number of hydrogen-bond acceptors (Lipinski definition) is 4. The second kappa shape index (κ2) is 8.63. The molecule has 0 heterocycles. The summed E-state index contributed by atoms with van der Waals surface area (Å²) >= 11 is 0. The van der Waals surface area contributed by atoms with E-state index in [1.807, 2.05) is 24.3 Å². The summed E-state index contributed by atoms with van der Waals surface area (Å²) in [7, 11) is 1.57. The number of nitrogens with one attached hydrogen (secondary N) is 1. The Morgan fingerprint density at radius 2 is 2.11 bits per heavy atom. The van der Waals surface area contributed by atoms with Crippen LogP contribution in [0.4, 0.5) is 0 Å². The van der Waals surface area contributed by atoms with Gasteiger partial charge in [-0.25, -0.2) is 0 Å². The molecule has 1 amide bonds. The minimum atomic E-state index is -0.160. The molecule has 0 saturated carbocycles. The third kappa shape index (κ3) is 5.38. The number of hydrogen-bond donors (Lipinski definition) is 3. The molecule has 4 N–H and O–H groups in total. The van der Waals surface area contributed by atoms with E-state index in [0.717, 1.165) is 11.1 Å². The maximum Gasteiger partial charge on any atom is 0.224 e. The molecule has 5 nitrogen and oxygen atoms in total. The lowest BCUT2D eigenvalue weighted by Gasteiger charge is -2.17. The lowest BCUT2D eigenvalue weighted by atomic mass is 10.0. The fraction of sp³-hybridized carbons (Fsp3) is 0.500. The summed E-state index contributed by atoms with van der Waals surface area (Å²) in [5.74, 6) is -0.0867. The summed E-state index contributed by atoms with van der Waals surface area (Å²) in [6.45, 7) is 0.833. The fourth-order valence-electron chi connectivity index (χ4n) is 1.93. The quantitative estimate of drug-likeness (QED) is 0.627. The first kappa shape index (κ1) is 15.6. The predicted octanol–water partition coefficient (Wildman–Crippen LogP) is 0.201. The number of aliphatic hydroxyl groups excluding tert-OH is 1. The molecule has 1 aromatic rings. The number of aliphatic hydroxyl groups is 1. The molecule has 1 atom stereocenters. The van der Waals surface area contributed by atoms with Crippen LogP contribution in [0.3, 0.4) is 0 Å². The Morgan fingerprint density at radius 1 is 1.42 bits per heavy atom. The number of benzene rings is 1. The summed E-state index contributed by atoms with van der Waals surface area (Å²) in [5.41, 5.74) is 7.55. The smallest absolute Gasteiger partial charge is 0.224 e. The molecule has 0 aliphatic rings. The number of rotatable bonds is 8. The minimum absolute atomic E-state index is 0.0215. The molecule has 0 fully saturated rings.